The van der Waals surface area contributed by atoms with Gasteiger partial charge in [-0.15, -0.1) is 0 Å². The number of nitrogens with one attached hydrogen (secondary N) is 1. The van der Waals surface area contributed by atoms with Gasteiger partial charge in [0.2, 0.25) is 0 Å². The summed E-state index contributed by atoms with van der Waals surface area (Å²) in [5, 5.41) is 7.02. The number of hydrazone groups is 1. The Hall–Kier alpha value is -3.10. The van der Waals surface area contributed by atoms with E-state index in [0.717, 1.165) is 50.5 Å². The molecule has 4 rings (SSSR count). The molecule has 1 heterocycles. The number of aliphatic imine (C=N–C) groups is 1. The Labute approximate surface area is 258 Å². The van der Waals surface area contributed by atoms with Crippen molar-refractivity contribution in [2.45, 2.75) is 84.3 Å². The summed E-state index contributed by atoms with van der Waals surface area (Å²) in [7, 11) is 0. The van der Waals surface area contributed by atoms with Crippen LogP contribution in [-0.2, 0) is 4.79 Å². The summed E-state index contributed by atoms with van der Waals surface area (Å²) in [6.07, 6.45) is 6.29. The average Bonchev–Trinajstić information content (AvgIpc) is 3.25. The maximum Gasteiger partial charge on any atom is 0.275 e. The van der Waals surface area contributed by atoms with Gasteiger partial charge in [-0.25, -0.2) is 0 Å². The lowest BCUT2D eigenvalue weighted by molar-refractivity contribution is -0.133. The molecule has 10 heteroatoms. The summed E-state index contributed by atoms with van der Waals surface area (Å²) in [4.78, 5) is 34.3. The van der Waals surface area contributed by atoms with E-state index in [1.165, 1.54) is 0 Å². The number of benzene rings is 2. The van der Waals surface area contributed by atoms with Crippen molar-refractivity contribution < 1.29 is 9.59 Å². The first-order valence-corrected chi connectivity index (χ1v) is 15.5. The number of hydrogen-bond donors (Lipinski definition) is 3. The second kappa shape index (κ2) is 13.0. The smallest absolute Gasteiger partial charge is 0.275 e. The summed E-state index contributed by atoms with van der Waals surface area (Å²) in [6, 6.07) is 12.4. The molecular weight excluding hydrogens is 571 g/mol. The second-order valence-corrected chi connectivity index (χ2v) is 13.0. The van der Waals surface area contributed by atoms with Crippen molar-refractivity contribution in [2.75, 3.05) is 6.54 Å². The van der Waals surface area contributed by atoms with Crippen molar-refractivity contribution in [2.24, 2.45) is 33.0 Å². The molecule has 2 aromatic carbocycles. The van der Waals surface area contributed by atoms with Crippen LogP contribution in [0.2, 0.25) is 10.0 Å². The molecule has 1 aliphatic heterocycles. The van der Waals surface area contributed by atoms with Gasteiger partial charge in [0, 0.05) is 21.2 Å². The largest absolute Gasteiger partial charge is 0.384 e. The van der Waals surface area contributed by atoms with E-state index in [1.54, 1.807) is 30.3 Å². The lowest BCUT2D eigenvalue weighted by Crippen LogP contribution is -2.51. The molecule has 0 saturated heterocycles. The van der Waals surface area contributed by atoms with E-state index in [0.29, 0.717) is 32.8 Å². The van der Waals surface area contributed by atoms with Crippen molar-refractivity contribution >= 4 is 46.6 Å². The summed E-state index contributed by atoms with van der Waals surface area (Å²) in [5.74, 6) is 5.46. The quantitative estimate of drug-likeness (QED) is 0.123. The number of amides is 2. The maximum atomic E-state index is 14.4. The number of nitrogens with two attached hydrogens (primary N) is 2. The van der Waals surface area contributed by atoms with Gasteiger partial charge in [-0.2, -0.15) is 5.10 Å². The first-order valence-electron chi connectivity index (χ1n) is 14.7. The lowest BCUT2D eigenvalue weighted by Gasteiger charge is -2.48. The summed E-state index contributed by atoms with van der Waals surface area (Å²) < 4.78 is 0. The van der Waals surface area contributed by atoms with Crippen LogP contribution in [0.5, 0.6) is 0 Å². The molecule has 2 aliphatic rings. The molecule has 226 valence electrons. The standard InChI is InChI=1S/C32H42Cl2N6O2/c1-5-7-26(20-8-10-21(11-9-20)29(41)37-19-27(35)39-36)40-30(42)28(22-16-24(33)18-25(34)17-22)38-32(40)14-12-23(13-15-32)31(3,4)6-2/h8-11,16-18,23,26H,5-7,12-15,19,36H2,1-4H3,(H2,35,39)(H,37,41). The Kier molecular flexibility index (Phi) is 9.88. The fourth-order valence-electron chi connectivity index (χ4n) is 6.32. The predicted octanol–water partition coefficient (Wildman–Crippen LogP) is 6.45. The first kappa shape index (κ1) is 31.8. The SMILES string of the molecule is CCCC(c1ccc(C(=O)NC/C(N)=N/N)cc1)N1C(=O)C(c2cc(Cl)cc(Cl)c2)=NC12CCC(C(C)(C)CC)CC2. The van der Waals surface area contributed by atoms with Gasteiger partial charge in [0.15, 0.2) is 0 Å². The number of carbonyl (C=O) groups is 2. The molecule has 0 radical (unpaired) electrons. The molecule has 1 unspecified atom stereocenters. The van der Waals surface area contributed by atoms with Crippen LogP contribution in [0, 0.1) is 11.3 Å². The van der Waals surface area contributed by atoms with Gasteiger partial charge in [0.25, 0.3) is 11.8 Å². The molecule has 2 amide bonds. The Morgan fingerprint density at radius 1 is 1.14 bits per heavy atom. The molecule has 1 spiro atoms. The number of amidine groups is 1. The van der Waals surface area contributed by atoms with Crippen molar-refractivity contribution in [1.82, 2.24) is 10.2 Å². The third kappa shape index (κ3) is 6.60. The van der Waals surface area contributed by atoms with Crippen LogP contribution >= 0.6 is 23.2 Å². The molecule has 1 fully saturated rings. The zero-order valence-corrected chi connectivity index (χ0v) is 26.4. The maximum absolute atomic E-state index is 14.4. The van der Waals surface area contributed by atoms with E-state index in [4.69, 9.17) is 39.8 Å². The van der Waals surface area contributed by atoms with Crippen LogP contribution in [0.25, 0.3) is 0 Å². The average molecular weight is 614 g/mol. The van der Waals surface area contributed by atoms with Crippen LogP contribution < -0.4 is 16.9 Å². The highest BCUT2D eigenvalue weighted by molar-refractivity contribution is 6.47. The van der Waals surface area contributed by atoms with E-state index < -0.39 is 5.66 Å². The van der Waals surface area contributed by atoms with Crippen LogP contribution in [0.15, 0.2) is 52.6 Å². The Bertz CT molecular complexity index is 1340. The predicted molar refractivity (Wildman–Crippen MR) is 171 cm³/mol. The minimum atomic E-state index is -0.656. The highest BCUT2D eigenvalue weighted by Gasteiger charge is 2.52. The van der Waals surface area contributed by atoms with Crippen molar-refractivity contribution in [3.63, 3.8) is 0 Å². The van der Waals surface area contributed by atoms with E-state index in [-0.39, 0.29) is 35.7 Å². The fourth-order valence-corrected chi connectivity index (χ4v) is 6.85. The number of nitrogens with zero attached hydrogens (tertiary/aromatic N) is 3. The van der Waals surface area contributed by atoms with E-state index in [1.807, 2.05) is 17.0 Å². The van der Waals surface area contributed by atoms with Crippen molar-refractivity contribution in [1.29, 1.82) is 0 Å². The molecular formula is C32H42Cl2N6O2. The van der Waals surface area contributed by atoms with Gasteiger partial charge in [0.1, 0.15) is 17.2 Å². The molecule has 1 atom stereocenters. The number of rotatable bonds is 10. The van der Waals surface area contributed by atoms with Gasteiger partial charge in [0.05, 0.1) is 12.6 Å². The molecule has 5 N–H and O–H groups in total. The third-order valence-corrected chi connectivity index (χ3v) is 9.59. The Balaban J connectivity index is 1.71. The zero-order valence-electron chi connectivity index (χ0n) is 24.9. The minimum Gasteiger partial charge on any atom is -0.384 e. The second-order valence-electron chi connectivity index (χ2n) is 12.1. The fraction of sp³-hybridized carbons (Fsp3) is 0.500. The first-order chi connectivity index (χ1) is 19.9. The molecule has 0 bridgehead atoms. The lowest BCUT2D eigenvalue weighted by atomic mass is 9.67. The van der Waals surface area contributed by atoms with E-state index in [2.05, 4.69) is 38.1 Å². The van der Waals surface area contributed by atoms with Gasteiger partial charge in [-0.05, 0) is 79.3 Å². The number of carbonyl (C=O) groups excluding carboxylic acids is 2. The molecule has 2 aromatic rings. The van der Waals surface area contributed by atoms with Crippen LogP contribution in [0.4, 0.5) is 0 Å². The molecule has 42 heavy (non-hydrogen) atoms. The zero-order chi connectivity index (χ0) is 30.7. The van der Waals surface area contributed by atoms with Gasteiger partial charge in [-0.3, -0.25) is 14.6 Å². The molecule has 8 nitrogen and oxygen atoms in total. The molecule has 1 aliphatic carbocycles. The third-order valence-electron chi connectivity index (χ3n) is 9.16. The molecule has 1 saturated carbocycles. The summed E-state index contributed by atoms with van der Waals surface area (Å²) >= 11 is 12.7. The number of hydrogen-bond acceptors (Lipinski definition) is 5. The molecule has 0 aromatic heterocycles. The van der Waals surface area contributed by atoms with Crippen molar-refractivity contribution in [3.05, 3.63) is 69.2 Å². The Morgan fingerprint density at radius 3 is 2.31 bits per heavy atom. The van der Waals surface area contributed by atoms with E-state index >= 15 is 0 Å². The summed E-state index contributed by atoms with van der Waals surface area (Å²) in [6.45, 7) is 9.10. The van der Waals surface area contributed by atoms with Gasteiger partial charge < -0.3 is 21.8 Å². The van der Waals surface area contributed by atoms with Crippen molar-refractivity contribution in [3.8, 4) is 0 Å². The van der Waals surface area contributed by atoms with Gasteiger partial charge in [-0.1, -0.05) is 75.9 Å². The Morgan fingerprint density at radius 2 is 1.76 bits per heavy atom. The highest BCUT2D eigenvalue weighted by atomic mass is 35.5. The monoisotopic (exact) mass is 612 g/mol. The van der Waals surface area contributed by atoms with Crippen LogP contribution in [-0.4, -0.2) is 40.5 Å². The summed E-state index contributed by atoms with van der Waals surface area (Å²) in [5.41, 5.74) is 7.66. The van der Waals surface area contributed by atoms with E-state index in [9.17, 15) is 9.59 Å². The topological polar surface area (TPSA) is 126 Å². The highest BCUT2D eigenvalue weighted by Crippen LogP contribution is 2.50. The van der Waals surface area contributed by atoms with Crippen LogP contribution in [0.3, 0.4) is 0 Å². The number of halogens is 2. The normalized spacial score (nSPS) is 21.9. The van der Waals surface area contributed by atoms with Crippen LogP contribution in [0.1, 0.15) is 100 Å². The minimum absolute atomic E-state index is 0.0593. The van der Waals surface area contributed by atoms with Gasteiger partial charge >= 0.3 is 0 Å².